The SMILES string of the molecule is COCC1(C)COB(F)OC1. The van der Waals surface area contributed by atoms with Crippen LogP contribution in [0.2, 0.25) is 0 Å². The van der Waals surface area contributed by atoms with Crippen LogP contribution in [0, 0.1) is 5.41 Å². The topological polar surface area (TPSA) is 27.7 Å². The largest absolute Gasteiger partial charge is 0.680 e. The predicted octanol–water partition coefficient (Wildman–Crippen LogP) is 0.640. The lowest BCUT2D eigenvalue weighted by molar-refractivity contribution is -0.0421. The van der Waals surface area contributed by atoms with Gasteiger partial charge in [-0.2, -0.15) is 0 Å². The summed E-state index contributed by atoms with van der Waals surface area (Å²) in [5, 5.41) is 0. The molecule has 11 heavy (non-hydrogen) atoms. The summed E-state index contributed by atoms with van der Waals surface area (Å²) in [7, 11) is 0.0483. The van der Waals surface area contributed by atoms with Crippen molar-refractivity contribution in [1.29, 1.82) is 0 Å². The van der Waals surface area contributed by atoms with Gasteiger partial charge < -0.3 is 14.0 Å². The Bertz CT molecular complexity index is 125. The molecule has 0 N–H and O–H groups in total. The molecule has 0 bridgehead atoms. The number of halogens is 1. The minimum atomic E-state index is -1.56. The monoisotopic (exact) mass is 162 g/mol. The van der Waals surface area contributed by atoms with E-state index in [0.717, 1.165) is 0 Å². The van der Waals surface area contributed by atoms with E-state index >= 15 is 0 Å². The highest BCUT2D eigenvalue weighted by Gasteiger charge is 2.36. The summed E-state index contributed by atoms with van der Waals surface area (Å²) in [4.78, 5) is 0. The summed E-state index contributed by atoms with van der Waals surface area (Å²) >= 11 is 0. The molecule has 0 radical (unpaired) electrons. The van der Waals surface area contributed by atoms with Gasteiger partial charge >= 0.3 is 7.40 Å². The van der Waals surface area contributed by atoms with Crippen molar-refractivity contribution < 1.29 is 18.4 Å². The predicted molar refractivity (Wildman–Crippen MR) is 38.7 cm³/mol. The highest BCUT2D eigenvalue weighted by atomic mass is 19.1. The molecule has 0 amide bonds. The summed E-state index contributed by atoms with van der Waals surface area (Å²) in [5.74, 6) is 0. The van der Waals surface area contributed by atoms with Crippen molar-refractivity contribution in [3.05, 3.63) is 0 Å². The first kappa shape index (κ1) is 8.97. The first-order valence-electron chi connectivity index (χ1n) is 3.52. The molecule has 1 aliphatic rings. The van der Waals surface area contributed by atoms with Crippen molar-refractivity contribution in [1.82, 2.24) is 0 Å². The van der Waals surface area contributed by atoms with Gasteiger partial charge in [0.05, 0.1) is 6.61 Å². The van der Waals surface area contributed by atoms with E-state index in [-0.39, 0.29) is 5.41 Å². The maximum absolute atomic E-state index is 12.3. The standard InChI is InChI=1S/C6H12BFO3/c1-6(3-9-2)4-10-7(8)11-5-6/h3-5H2,1-2H3. The molecule has 1 rings (SSSR count). The van der Waals surface area contributed by atoms with Gasteiger partial charge in [0, 0.05) is 25.7 Å². The number of methoxy groups -OCH3 is 1. The Morgan fingerprint density at radius 2 is 2.09 bits per heavy atom. The smallest absolute Gasteiger partial charge is 0.384 e. The maximum atomic E-state index is 12.3. The van der Waals surface area contributed by atoms with Crippen LogP contribution in [0.15, 0.2) is 0 Å². The fourth-order valence-corrected chi connectivity index (χ4v) is 1.05. The fourth-order valence-electron chi connectivity index (χ4n) is 1.05. The highest BCUT2D eigenvalue weighted by Crippen LogP contribution is 2.22. The van der Waals surface area contributed by atoms with Crippen molar-refractivity contribution in [3.63, 3.8) is 0 Å². The molecular formula is C6H12BFO3. The van der Waals surface area contributed by atoms with Crippen molar-refractivity contribution in [2.45, 2.75) is 6.92 Å². The Labute approximate surface area is 66.0 Å². The lowest BCUT2D eigenvalue weighted by Gasteiger charge is -2.32. The van der Waals surface area contributed by atoms with E-state index in [4.69, 9.17) is 4.74 Å². The van der Waals surface area contributed by atoms with Crippen molar-refractivity contribution in [3.8, 4) is 0 Å². The van der Waals surface area contributed by atoms with Gasteiger partial charge in [0.1, 0.15) is 0 Å². The Kier molecular flexibility index (Phi) is 2.87. The maximum Gasteiger partial charge on any atom is 0.680 e. The Hall–Kier alpha value is -0.125. The lowest BCUT2D eigenvalue weighted by Crippen LogP contribution is -2.43. The zero-order valence-corrected chi connectivity index (χ0v) is 6.80. The van der Waals surface area contributed by atoms with E-state index in [2.05, 4.69) is 9.31 Å². The fraction of sp³-hybridized carbons (Fsp3) is 1.00. The number of hydrogen-bond acceptors (Lipinski definition) is 3. The molecule has 64 valence electrons. The molecular weight excluding hydrogens is 150 g/mol. The molecule has 1 heterocycles. The second-order valence-corrected chi connectivity index (χ2v) is 3.14. The van der Waals surface area contributed by atoms with Gasteiger partial charge in [-0.3, -0.25) is 4.32 Å². The van der Waals surface area contributed by atoms with Gasteiger partial charge in [0.2, 0.25) is 0 Å². The molecule has 0 saturated carbocycles. The summed E-state index contributed by atoms with van der Waals surface area (Å²) in [6.45, 7) is 3.16. The van der Waals surface area contributed by atoms with Gasteiger partial charge in [-0.05, 0) is 0 Å². The van der Waals surface area contributed by atoms with Gasteiger partial charge in [-0.15, -0.1) is 0 Å². The van der Waals surface area contributed by atoms with Gasteiger partial charge in [0.15, 0.2) is 0 Å². The van der Waals surface area contributed by atoms with Crippen LogP contribution in [-0.2, 0) is 14.0 Å². The number of rotatable bonds is 2. The molecule has 3 nitrogen and oxygen atoms in total. The van der Waals surface area contributed by atoms with Crippen LogP contribution >= 0.6 is 0 Å². The zero-order valence-electron chi connectivity index (χ0n) is 6.80. The third-order valence-corrected chi connectivity index (χ3v) is 1.62. The Balaban J connectivity index is 2.35. The average Bonchev–Trinajstić information content (AvgIpc) is 1.97. The summed E-state index contributed by atoms with van der Waals surface area (Å²) in [6.07, 6.45) is 0. The molecule has 0 aromatic heterocycles. The third-order valence-electron chi connectivity index (χ3n) is 1.62. The molecule has 0 unspecified atom stereocenters. The van der Waals surface area contributed by atoms with Crippen molar-refractivity contribution >= 4 is 7.40 Å². The van der Waals surface area contributed by atoms with E-state index in [0.29, 0.717) is 19.8 Å². The van der Waals surface area contributed by atoms with Crippen LogP contribution in [-0.4, -0.2) is 34.3 Å². The van der Waals surface area contributed by atoms with E-state index in [9.17, 15) is 4.32 Å². The molecule has 1 fully saturated rings. The molecule has 1 aliphatic heterocycles. The molecule has 1 saturated heterocycles. The van der Waals surface area contributed by atoms with Crippen molar-refractivity contribution in [2.24, 2.45) is 5.41 Å². The van der Waals surface area contributed by atoms with Crippen molar-refractivity contribution in [2.75, 3.05) is 26.9 Å². The van der Waals surface area contributed by atoms with Gasteiger partial charge in [-0.25, -0.2) is 0 Å². The number of hydrogen-bond donors (Lipinski definition) is 0. The summed E-state index contributed by atoms with van der Waals surface area (Å²) in [5.41, 5.74) is -0.197. The first-order chi connectivity index (χ1) is 5.16. The minimum absolute atomic E-state index is 0.197. The van der Waals surface area contributed by atoms with Crippen LogP contribution < -0.4 is 0 Å². The third kappa shape index (κ3) is 2.43. The molecule has 0 aromatic carbocycles. The van der Waals surface area contributed by atoms with Crippen LogP contribution in [0.4, 0.5) is 4.32 Å². The van der Waals surface area contributed by atoms with Crippen LogP contribution in [0.25, 0.3) is 0 Å². The second-order valence-electron chi connectivity index (χ2n) is 3.14. The Morgan fingerprint density at radius 3 is 2.55 bits per heavy atom. The molecule has 0 aromatic rings. The van der Waals surface area contributed by atoms with Gasteiger partial charge in [0.25, 0.3) is 0 Å². The first-order valence-corrected chi connectivity index (χ1v) is 3.52. The quantitative estimate of drug-likeness (QED) is 0.557. The normalized spacial score (nSPS) is 23.7. The molecule has 0 spiro atoms. The van der Waals surface area contributed by atoms with E-state index < -0.39 is 7.40 Å². The highest BCUT2D eigenvalue weighted by molar-refractivity contribution is 6.35. The van der Waals surface area contributed by atoms with Gasteiger partial charge in [-0.1, -0.05) is 6.92 Å². The summed E-state index contributed by atoms with van der Waals surface area (Å²) < 4.78 is 26.6. The van der Waals surface area contributed by atoms with E-state index in [1.165, 1.54) is 0 Å². The summed E-state index contributed by atoms with van der Waals surface area (Å²) in [6, 6.07) is 0. The van der Waals surface area contributed by atoms with Crippen LogP contribution in [0.5, 0.6) is 0 Å². The molecule has 5 heteroatoms. The molecule has 0 aliphatic carbocycles. The minimum Gasteiger partial charge on any atom is -0.384 e. The molecule has 0 atom stereocenters. The zero-order chi connectivity index (χ0) is 8.32. The van der Waals surface area contributed by atoms with Crippen LogP contribution in [0.1, 0.15) is 6.92 Å². The Morgan fingerprint density at radius 1 is 1.55 bits per heavy atom. The van der Waals surface area contributed by atoms with E-state index in [1.54, 1.807) is 7.11 Å². The average molecular weight is 162 g/mol. The van der Waals surface area contributed by atoms with E-state index in [1.807, 2.05) is 6.92 Å². The lowest BCUT2D eigenvalue weighted by atomic mass is 9.91. The van der Waals surface area contributed by atoms with Crippen LogP contribution in [0.3, 0.4) is 0 Å². The number of ether oxygens (including phenoxy) is 1. The second kappa shape index (κ2) is 3.52.